The van der Waals surface area contributed by atoms with Gasteiger partial charge in [0.05, 0.1) is 7.11 Å². The van der Waals surface area contributed by atoms with Crippen molar-refractivity contribution < 1.29 is 4.74 Å². The summed E-state index contributed by atoms with van der Waals surface area (Å²) < 4.78 is 6.54. The van der Waals surface area contributed by atoms with Crippen LogP contribution in [0.3, 0.4) is 0 Å². The molecule has 2 aliphatic carbocycles. The fourth-order valence-electron chi connectivity index (χ4n) is 6.45. The van der Waals surface area contributed by atoms with Crippen LogP contribution >= 0.6 is 15.9 Å². The normalized spacial score (nSPS) is 20.6. The number of hydrogen-bond donors (Lipinski definition) is 0. The molecule has 6 rings (SSSR count). The van der Waals surface area contributed by atoms with Crippen molar-refractivity contribution in [3.8, 4) is 16.9 Å². The molecule has 0 bridgehead atoms. The third kappa shape index (κ3) is 4.01. The molecule has 2 atom stereocenters. The quantitative estimate of drug-likeness (QED) is 0.240. The van der Waals surface area contributed by atoms with Crippen molar-refractivity contribution in [2.75, 3.05) is 12.0 Å². The Morgan fingerprint density at radius 1 is 0.684 bits per heavy atom. The highest BCUT2D eigenvalue weighted by molar-refractivity contribution is 9.10. The zero-order chi connectivity index (χ0) is 26.5. The van der Waals surface area contributed by atoms with Crippen LogP contribution in [0.2, 0.25) is 0 Å². The molecule has 4 aromatic carbocycles. The number of fused-ring (bicyclic) bond motifs is 3. The Labute approximate surface area is 234 Å². The Balaban J connectivity index is 1.46. The van der Waals surface area contributed by atoms with Crippen LogP contribution in [0.4, 0.5) is 17.1 Å². The maximum Gasteiger partial charge on any atom is 0.119 e. The average molecular weight is 563 g/mol. The third-order valence-corrected chi connectivity index (χ3v) is 8.98. The molecule has 0 amide bonds. The van der Waals surface area contributed by atoms with Gasteiger partial charge in [0.25, 0.3) is 0 Å². The van der Waals surface area contributed by atoms with Crippen LogP contribution in [0.5, 0.6) is 5.75 Å². The highest BCUT2D eigenvalue weighted by atomic mass is 79.9. The van der Waals surface area contributed by atoms with Crippen LogP contribution in [0, 0.1) is 5.92 Å². The van der Waals surface area contributed by atoms with Crippen molar-refractivity contribution >= 4 is 33.0 Å². The van der Waals surface area contributed by atoms with Crippen molar-refractivity contribution in [1.29, 1.82) is 0 Å². The third-order valence-electron chi connectivity index (χ3n) is 8.45. The molecule has 2 nitrogen and oxygen atoms in total. The first-order valence-corrected chi connectivity index (χ1v) is 13.9. The van der Waals surface area contributed by atoms with Gasteiger partial charge in [-0.15, -0.1) is 0 Å². The Kier molecular flexibility index (Phi) is 6.07. The lowest BCUT2D eigenvalue weighted by atomic mass is 9.67. The lowest BCUT2D eigenvalue weighted by molar-refractivity contribution is 0.324. The van der Waals surface area contributed by atoms with Gasteiger partial charge in [-0.05, 0) is 94.3 Å². The SMILES string of the molecule is COc1ccc(N(c2ccc(-c3ccc(Br)cc3)cc2)c2ccc3c(c2)C(C)(C)C2C=CC=CC32C)cc1. The highest BCUT2D eigenvalue weighted by Crippen LogP contribution is 2.57. The van der Waals surface area contributed by atoms with E-state index in [1.165, 1.54) is 22.3 Å². The van der Waals surface area contributed by atoms with E-state index >= 15 is 0 Å². The van der Waals surface area contributed by atoms with Gasteiger partial charge in [-0.2, -0.15) is 0 Å². The summed E-state index contributed by atoms with van der Waals surface area (Å²) in [5.74, 6) is 1.29. The van der Waals surface area contributed by atoms with Crippen LogP contribution in [0.25, 0.3) is 11.1 Å². The van der Waals surface area contributed by atoms with Crippen LogP contribution in [-0.2, 0) is 10.8 Å². The monoisotopic (exact) mass is 561 g/mol. The van der Waals surface area contributed by atoms with E-state index in [9.17, 15) is 0 Å². The van der Waals surface area contributed by atoms with Crippen LogP contribution in [0.1, 0.15) is 31.9 Å². The molecule has 0 aromatic heterocycles. The van der Waals surface area contributed by atoms with E-state index in [1.807, 2.05) is 12.1 Å². The molecular weight excluding hydrogens is 530 g/mol. The Hall–Kier alpha value is -3.56. The highest BCUT2D eigenvalue weighted by Gasteiger charge is 2.51. The Morgan fingerprint density at radius 3 is 1.89 bits per heavy atom. The van der Waals surface area contributed by atoms with E-state index in [0.717, 1.165) is 27.3 Å². The van der Waals surface area contributed by atoms with Gasteiger partial charge in [0.1, 0.15) is 5.75 Å². The first kappa shape index (κ1) is 24.8. The largest absolute Gasteiger partial charge is 0.497 e. The Bertz CT molecular complexity index is 1530. The smallest absolute Gasteiger partial charge is 0.119 e. The number of ether oxygens (including phenoxy) is 1. The summed E-state index contributed by atoms with van der Waals surface area (Å²) >= 11 is 3.54. The number of hydrogen-bond acceptors (Lipinski definition) is 2. The second-order valence-electron chi connectivity index (χ2n) is 11.0. The van der Waals surface area contributed by atoms with Gasteiger partial charge < -0.3 is 9.64 Å². The van der Waals surface area contributed by atoms with E-state index in [1.54, 1.807) is 7.11 Å². The summed E-state index contributed by atoms with van der Waals surface area (Å²) in [5, 5.41) is 0. The number of halogens is 1. The van der Waals surface area contributed by atoms with E-state index < -0.39 is 0 Å². The first-order valence-electron chi connectivity index (χ1n) is 13.1. The molecule has 0 saturated heterocycles. The molecule has 0 heterocycles. The summed E-state index contributed by atoms with van der Waals surface area (Å²) in [5.41, 5.74) is 8.67. The number of rotatable bonds is 5. The second kappa shape index (κ2) is 9.32. The van der Waals surface area contributed by atoms with Gasteiger partial charge in [-0.3, -0.25) is 0 Å². The maximum atomic E-state index is 5.45. The number of benzene rings is 4. The molecule has 190 valence electrons. The molecule has 0 N–H and O–H groups in total. The zero-order valence-corrected chi connectivity index (χ0v) is 23.9. The van der Waals surface area contributed by atoms with E-state index in [0.29, 0.717) is 5.92 Å². The molecule has 0 aliphatic heterocycles. The van der Waals surface area contributed by atoms with Crippen molar-refractivity contribution in [2.24, 2.45) is 5.92 Å². The van der Waals surface area contributed by atoms with Gasteiger partial charge >= 0.3 is 0 Å². The van der Waals surface area contributed by atoms with Crippen LogP contribution < -0.4 is 9.64 Å². The summed E-state index contributed by atoms with van der Waals surface area (Å²) in [4.78, 5) is 2.34. The van der Waals surface area contributed by atoms with Gasteiger partial charge in [0, 0.05) is 26.9 Å². The fourth-order valence-corrected chi connectivity index (χ4v) is 6.71. The standard InChI is InChI=1S/C35H32BrNO/c1-34(2)32-23-29(18-21-31(32)35(3)22-6-5-7-33(34)35)37(28-16-19-30(38-4)20-17-28)27-14-10-25(11-15-27)24-8-12-26(36)13-9-24/h5-23,33H,1-4H3. The topological polar surface area (TPSA) is 12.5 Å². The predicted molar refractivity (Wildman–Crippen MR) is 163 cm³/mol. The molecule has 0 saturated carbocycles. The number of methoxy groups -OCH3 is 1. The summed E-state index contributed by atoms with van der Waals surface area (Å²) in [6.07, 6.45) is 9.18. The summed E-state index contributed by atoms with van der Waals surface area (Å²) in [6.45, 7) is 7.16. The first-order chi connectivity index (χ1) is 18.3. The van der Waals surface area contributed by atoms with Gasteiger partial charge in [0.15, 0.2) is 0 Å². The van der Waals surface area contributed by atoms with E-state index in [-0.39, 0.29) is 10.8 Å². The predicted octanol–water partition coefficient (Wildman–Crippen LogP) is 9.89. The number of nitrogens with zero attached hydrogens (tertiary/aromatic N) is 1. The second-order valence-corrected chi connectivity index (χ2v) is 12.0. The van der Waals surface area contributed by atoms with Crippen molar-refractivity contribution in [3.05, 3.63) is 131 Å². The molecule has 2 unspecified atom stereocenters. The molecular formula is C35H32BrNO. The van der Waals surface area contributed by atoms with Crippen molar-refractivity contribution in [1.82, 2.24) is 0 Å². The Morgan fingerprint density at radius 2 is 1.26 bits per heavy atom. The molecule has 3 heteroatoms. The fraction of sp³-hybridized carbons (Fsp3) is 0.200. The minimum absolute atomic E-state index is 0.0172. The molecule has 0 fully saturated rings. The summed E-state index contributed by atoms with van der Waals surface area (Å²) in [6, 6.07) is 32.7. The lowest BCUT2D eigenvalue weighted by Gasteiger charge is -2.36. The summed E-state index contributed by atoms with van der Waals surface area (Å²) in [7, 11) is 1.71. The van der Waals surface area contributed by atoms with Crippen molar-refractivity contribution in [2.45, 2.75) is 31.6 Å². The minimum atomic E-state index is 0.0172. The van der Waals surface area contributed by atoms with E-state index in [2.05, 4.69) is 145 Å². The zero-order valence-electron chi connectivity index (χ0n) is 22.3. The van der Waals surface area contributed by atoms with Gasteiger partial charge in [0.2, 0.25) is 0 Å². The minimum Gasteiger partial charge on any atom is -0.497 e. The van der Waals surface area contributed by atoms with Crippen molar-refractivity contribution in [3.63, 3.8) is 0 Å². The maximum absolute atomic E-state index is 5.45. The molecule has 4 aromatic rings. The molecule has 0 spiro atoms. The van der Waals surface area contributed by atoms with Gasteiger partial charge in [-0.1, -0.05) is 91.3 Å². The van der Waals surface area contributed by atoms with E-state index in [4.69, 9.17) is 4.74 Å². The number of allylic oxidation sites excluding steroid dienone is 4. The molecule has 0 radical (unpaired) electrons. The molecule has 2 aliphatic rings. The van der Waals surface area contributed by atoms with Crippen LogP contribution in [-0.4, -0.2) is 7.11 Å². The number of anilines is 3. The lowest BCUT2D eigenvalue weighted by Crippen LogP contribution is -2.33. The average Bonchev–Trinajstić information content (AvgIpc) is 3.12. The van der Waals surface area contributed by atoms with Crippen LogP contribution in [0.15, 0.2) is 120 Å². The van der Waals surface area contributed by atoms with Gasteiger partial charge in [-0.25, -0.2) is 0 Å². The molecule has 38 heavy (non-hydrogen) atoms.